The van der Waals surface area contributed by atoms with Gasteiger partial charge < -0.3 is 18.9 Å². The van der Waals surface area contributed by atoms with Gasteiger partial charge in [-0.3, -0.25) is 0 Å². The fraction of sp³-hybridized carbons (Fsp3) is 0.185. The quantitative estimate of drug-likeness (QED) is 0.380. The number of esters is 3. The van der Waals surface area contributed by atoms with Gasteiger partial charge in [0.1, 0.15) is 12.7 Å². The number of hydrogen-bond acceptors (Lipinski definition) is 8. The summed E-state index contributed by atoms with van der Waals surface area (Å²) in [5, 5.41) is 9.65. The molecule has 176 valence electrons. The molecule has 8 heteroatoms. The Kier molecular flexibility index (Phi) is 7.50. The Bertz CT molecular complexity index is 1210. The molecule has 1 saturated heterocycles. The van der Waals surface area contributed by atoms with Crippen LogP contribution in [0.4, 0.5) is 0 Å². The SMILES string of the molecule is N#CC1O[C@H](COC(=O)c2ccccc2)[C@@H](OC(=O)c2ccccc2)[C@H]1OC(=O)c1ccccc1. The molecule has 1 unspecified atom stereocenters. The van der Waals surface area contributed by atoms with E-state index in [1.807, 2.05) is 6.07 Å². The number of nitriles is 1. The monoisotopic (exact) mass is 471 g/mol. The molecule has 8 nitrogen and oxygen atoms in total. The van der Waals surface area contributed by atoms with Crippen molar-refractivity contribution in [1.29, 1.82) is 5.26 Å². The van der Waals surface area contributed by atoms with Gasteiger partial charge in [-0.05, 0) is 36.4 Å². The molecule has 4 atom stereocenters. The van der Waals surface area contributed by atoms with E-state index < -0.39 is 42.3 Å². The van der Waals surface area contributed by atoms with Crippen molar-refractivity contribution in [2.75, 3.05) is 6.61 Å². The lowest BCUT2D eigenvalue weighted by Gasteiger charge is -2.23. The first-order valence-corrected chi connectivity index (χ1v) is 10.9. The van der Waals surface area contributed by atoms with Gasteiger partial charge in [-0.15, -0.1) is 0 Å². The minimum Gasteiger partial charge on any atom is -0.459 e. The number of benzene rings is 3. The van der Waals surface area contributed by atoms with Crippen LogP contribution in [0.1, 0.15) is 31.1 Å². The molecule has 35 heavy (non-hydrogen) atoms. The van der Waals surface area contributed by atoms with Crippen LogP contribution in [0, 0.1) is 11.3 Å². The van der Waals surface area contributed by atoms with Crippen LogP contribution in [0.25, 0.3) is 0 Å². The van der Waals surface area contributed by atoms with E-state index in [1.165, 1.54) is 0 Å². The molecule has 0 spiro atoms. The molecular weight excluding hydrogens is 450 g/mol. The molecule has 1 fully saturated rings. The highest BCUT2D eigenvalue weighted by molar-refractivity contribution is 5.91. The molecule has 4 rings (SSSR count). The largest absolute Gasteiger partial charge is 0.459 e. The third-order valence-corrected chi connectivity index (χ3v) is 5.33. The van der Waals surface area contributed by atoms with Crippen molar-refractivity contribution in [3.63, 3.8) is 0 Å². The summed E-state index contributed by atoms with van der Waals surface area (Å²) in [5.41, 5.74) is 0.851. The van der Waals surface area contributed by atoms with Gasteiger partial charge >= 0.3 is 17.9 Å². The van der Waals surface area contributed by atoms with Crippen LogP contribution in [-0.4, -0.2) is 48.9 Å². The second-order valence-electron chi connectivity index (χ2n) is 7.66. The van der Waals surface area contributed by atoms with Crippen LogP contribution in [0.5, 0.6) is 0 Å². The Balaban J connectivity index is 1.55. The Hall–Kier alpha value is -4.48. The highest BCUT2D eigenvalue weighted by Crippen LogP contribution is 2.29. The second-order valence-corrected chi connectivity index (χ2v) is 7.66. The van der Waals surface area contributed by atoms with Crippen molar-refractivity contribution in [2.24, 2.45) is 0 Å². The first kappa shape index (κ1) is 23.7. The minimum absolute atomic E-state index is 0.260. The van der Waals surface area contributed by atoms with Gasteiger partial charge in [0.05, 0.1) is 22.8 Å². The van der Waals surface area contributed by atoms with Crippen molar-refractivity contribution in [1.82, 2.24) is 0 Å². The van der Waals surface area contributed by atoms with Gasteiger partial charge in [0, 0.05) is 0 Å². The lowest BCUT2D eigenvalue weighted by atomic mass is 10.1. The lowest BCUT2D eigenvalue weighted by molar-refractivity contribution is -0.0437. The van der Waals surface area contributed by atoms with E-state index >= 15 is 0 Å². The topological polar surface area (TPSA) is 112 Å². The fourth-order valence-electron chi connectivity index (χ4n) is 3.58. The van der Waals surface area contributed by atoms with Crippen molar-refractivity contribution in [3.8, 4) is 6.07 Å². The number of hydrogen-bond donors (Lipinski definition) is 0. The average molecular weight is 471 g/mol. The molecule has 0 radical (unpaired) electrons. The second kappa shape index (κ2) is 11.1. The zero-order chi connectivity index (χ0) is 24.6. The maximum Gasteiger partial charge on any atom is 0.338 e. The molecule has 0 bridgehead atoms. The third-order valence-electron chi connectivity index (χ3n) is 5.33. The Morgan fingerprint density at radius 2 is 1.11 bits per heavy atom. The van der Waals surface area contributed by atoms with Crippen LogP contribution < -0.4 is 0 Å². The van der Waals surface area contributed by atoms with Gasteiger partial charge in [0.15, 0.2) is 18.3 Å². The van der Waals surface area contributed by atoms with Gasteiger partial charge in [-0.25, -0.2) is 14.4 Å². The summed E-state index contributed by atoms with van der Waals surface area (Å²) in [6.45, 7) is -0.321. The van der Waals surface area contributed by atoms with Crippen molar-refractivity contribution in [3.05, 3.63) is 108 Å². The smallest absolute Gasteiger partial charge is 0.338 e. The summed E-state index contributed by atoms with van der Waals surface area (Å²) in [6.07, 6.45) is -4.70. The molecule has 1 heterocycles. The number of rotatable bonds is 7. The van der Waals surface area contributed by atoms with Crippen LogP contribution in [0.3, 0.4) is 0 Å². The van der Waals surface area contributed by atoms with E-state index in [0.717, 1.165) is 0 Å². The Morgan fingerprint density at radius 3 is 1.57 bits per heavy atom. The molecule has 0 aromatic heterocycles. The number of nitrogens with zero attached hydrogens (tertiary/aromatic N) is 1. The molecule has 3 aromatic rings. The molecular formula is C27H21NO7. The number of carbonyl (C=O) groups excluding carboxylic acids is 3. The summed E-state index contributed by atoms with van der Waals surface area (Å²) in [5.74, 6) is -2.01. The van der Waals surface area contributed by atoms with E-state index in [9.17, 15) is 19.6 Å². The third kappa shape index (κ3) is 5.72. The van der Waals surface area contributed by atoms with Crippen LogP contribution in [0.2, 0.25) is 0 Å². The molecule has 0 aliphatic carbocycles. The summed E-state index contributed by atoms with van der Waals surface area (Å²) >= 11 is 0. The van der Waals surface area contributed by atoms with Gasteiger partial charge in [0.2, 0.25) is 0 Å². The lowest BCUT2D eigenvalue weighted by Crippen LogP contribution is -2.41. The standard InChI is InChI=1S/C27H21NO7/c28-16-21-23(34-26(30)19-12-6-2-7-13-19)24(35-27(31)20-14-8-3-9-15-20)22(33-21)17-32-25(29)18-10-4-1-5-11-18/h1-15,21-24H,17H2/t21?,22-,23+,24-/m1/s1. The van der Waals surface area contributed by atoms with E-state index in [1.54, 1.807) is 91.0 Å². The van der Waals surface area contributed by atoms with Crippen molar-refractivity contribution < 1.29 is 33.3 Å². The summed E-state index contributed by atoms with van der Waals surface area (Å²) in [6, 6.07) is 26.7. The zero-order valence-corrected chi connectivity index (χ0v) is 18.5. The molecule has 3 aromatic carbocycles. The predicted octanol–water partition coefficient (Wildman–Crippen LogP) is 3.59. The first-order chi connectivity index (χ1) is 17.1. The predicted molar refractivity (Wildman–Crippen MR) is 122 cm³/mol. The Morgan fingerprint density at radius 1 is 0.686 bits per heavy atom. The summed E-state index contributed by atoms with van der Waals surface area (Å²) in [7, 11) is 0. The van der Waals surface area contributed by atoms with Crippen molar-refractivity contribution >= 4 is 17.9 Å². The molecule has 1 aliphatic rings. The molecule has 0 amide bonds. The maximum absolute atomic E-state index is 12.8. The van der Waals surface area contributed by atoms with Crippen molar-refractivity contribution in [2.45, 2.75) is 24.4 Å². The summed E-state index contributed by atoms with van der Waals surface area (Å²) in [4.78, 5) is 37.9. The number of ether oxygens (including phenoxy) is 4. The zero-order valence-electron chi connectivity index (χ0n) is 18.5. The molecule has 0 saturated carbocycles. The van der Waals surface area contributed by atoms with E-state index in [4.69, 9.17) is 18.9 Å². The van der Waals surface area contributed by atoms with E-state index in [0.29, 0.717) is 5.56 Å². The first-order valence-electron chi connectivity index (χ1n) is 10.9. The van der Waals surface area contributed by atoms with Gasteiger partial charge in [-0.1, -0.05) is 54.6 Å². The van der Waals surface area contributed by atoms with E-state index in [2.05, 4.69) is 0 Å². The normalized spacial score (nSPS) is 20.9. The Labute approximate surface area is 201 Å². The van der Waals surface area contributed by atoms with Crippen LogP contribution in [0.15, 0.2) is 91.0 Å². The van der Waals surface area contributed by atoms with Crippen LogP contribution in [-0.2, 0) is 18.9 Å². The van der Waals surface area contributed by atoms with Gasteiger partial charge in [0.25, 0.3) is 0 Å². The maximum atomic E-state index is 12.8. The molecule has 1 aliphatic heterocycles. The summed E-state index contributed by atoms with van der Waals surface area (Å²) < 4.78 is 22.3. The highest BCUT2D eigenvalue weighted by Gasteiger charge is 2.50. The number of carbonyl (C=O) groups is 3. The van der Waals surface area contributed by atoms with Crippen LogP contribution >= 0.6 is 0 Å². The molecule has 0 N–H and O–H groups in total. The fourth-order valence-corrected chi connectivity index (χ4v) is 3.58. The minimum atomic E-state index is -1.24. The highest BCUT2D eigenvalue weighted by atomic mass is 16.6. The average Bonchev–Trinajstić information content (AvgIpc) is 3.24. The van der Waals surface area contributed by atoms with Gasteiger partial charge in [-0.2, -0.15) is 5.26 Å². The van der Waals surface area contributed by atoms with E-state index in [-0.39, 0.29) is 17.7 Å².